The number of hydrogen-bond acceptors (Lipinski definition) is 4. The molecular formula is C24H26N6. The van der Waals surface area contributed by atoms with Crippen LogP contribution in [0, 0.1) is 13.8 Å². The second kappa shape index (κ2) is 6.51. The van der Waals surface area contributed by atoms with Crippen LogP contribution < -0.4 is 0 Å². The summed E-state index contributed by atoms with van der Waals surface area (Å²) in [4.78, 5) is 11.9. The van der Waals surface area contributed by atoms with Crippen LogP contribution in [0.5, 0.6) is 0 Å². The fourth-order valence-electron chi connectivity index (χ4n) is 5.26. The minimum Gasteiger partial charge on any atom is -0.334 e. The lowest BCUT2D eigenvalue weighted by molar-refractivity contribution is 0.161. The van der Waals surface area contributed by atoms with Crippen molar-refractivity contribution < 1.29 is 0 Å². The number of hydrogen-bond donors (Lipinski definition) is 0. The normalized spacial score (nSPS) is 20.8. The van der Waals surface area contributed by atoms with Crippen LogP contribution in [0.25, 0.3) is 16.9 Å². The van der Waals surface area contributed by atoms with E-state index >= 15 is 0 Å². The SMILES string of the molecule is Cc1cccc(-c2cc3ncc4c(n3n2)C[C@@H]2CC[C@H]4N2Cc2cnc(C)n2C)c1. The minimum atomic E-state index is 0.414. The third-order valence-electron chi connectivity index (χ3n) is 7.02. The highest BCUT2D eigenvalue weighted by molar-refractivity contribution is 5.65. The van der Waals surface area contributed by atoms with Crippen LogP contribution in [0.3, 0.4) is 0 Å². The minimum absolute atomic E-state index is 0.414. The van der Waals surface area contributed by atoms with Crippen molar-refractivity contribution in [2.24, 2.45) is 7.05 Å². The summed E-state index contributed by atoms with van der Waals surface area (Å²) < 4.78 is 4.31. The lowest BCUT2D eigenvalue weighted by Gasteiger charge is -2.36. The second-order valence-electron chi connectivity index (χ2n) is 8.81. The molecule has 6 nitrogen and oxygen atoms in total. The summed E-state index contributed by atoms with van der Waals surface area (Å²) in [5.41, 5.74) is 8.31. The summed E-state index contributed by atoms with van der Waals surface area (Å²) in [5.74, 6) is 1.07. The van der Waals surface area contributed by atoms with E-state index in [-0.39, 0.29) is 0 Å². The largest absolute Gasteiger partial charge is 0.334 e. The summed E-state index contributed by atoms with van der Waals surface area (Å²) in [7, 11) is 2.11. The first kappa shape index (κ1) is 17.8. The molecule has 30 heavy (non-hydrogen) atoms. The van der Waals surface area contributed by atoms with Crippen molar-refractivity contribution in [2.45, 2.75) is 51.7 Å². The standard InChI is InChI=1S/C24H26N6/c1-15-5-4-6-17(9-15)21-11-24-26-13-20-22-8-7-18(10-23(20)30(24)27-21)29(22)14-19-12-25-16(2)28(19)3/h4-6,9,11-13,18,22H,7-8,10,14H2,1-3H3/t18-,22+/m0/s1. The van der Waals surface area contributed by atoms with E-state index in [0.717, 1.165) is 35.7 Å². The molecule has 0 spiro atoms. The number of imidazole rings is 1. The van der Waals surface area contributed by atoms with E-state index in [4.69, 9.17) is 10.1 Å². The predicted octanol–water partition coefficient (Wildman–Crippen LogP) is 4.01. The Bertz CT molecular complexity index is 1270. The lowest BCUT2D eigenvalue weighted by Crippen LogP contribution is -2.38. The number of benzene rings is 1. The van der Waals surface area contributed by atoms with Crippen molar-refractivity contribution in [3.8, 4) is 11.3 Å². The summed E-state index contributed by atoms with van der Waals surface area (Å²) in [6.45, 7) is 5.13. The third kappa shape index (κ3) is 2.63. The molecule has 0 saturated carbocycles. The number of aryl methyl sites for hydroxylation is 2. The number of rotatable bonds is 3. The molecule has 6 rings (SSSR count). The molecule has 0 N–H and O–H groups in total. The Balaban J connectivity index is 1.39. The zero-order chi connectivity index (χ0) is 20.4. The van der Waals surface area contributed by atoms with Crippen LogP contribution >= 0.6 is 0 Å². The topological polar surface area (TPSA) is 51.2 Å². The van der Waals surface area contributed by atoms with Gasteiger partial charge in [-0.25, -0.2) is 14.5 Å². The summed E-state index contributed by atoms with van der Waals surface area (Å²) in [6, 6.07) is 11.6. The van der Waals surface area contributed by atoms with E-state index < -0.39 is 0 Å². The van der Waals surface area contributed by atoms with Crippen molar-refractivity contribution in [1.29, 1.82) is 0 Å². The maximum absolute atomic E-state index is 4.98. The molecule has 1 saturated heterocycles. The van der Waals surface area contributed by atoms with Gasteiger partial charge in [-0.1, -0.05) is 23.8 Å². The third-order valence-corrected chi connectivity index (χ3v) is 7.02. The number of aromatic nitrogens is 5. The quantitative estimate of drug-likeness (QED) is 0.523. The van der Waals surface area contributed by atoms with E-state index in [2.05, 4.69) is 76.4 Å². The molecule has 0 amide bonds. The summed E-state index contributed by atoms with van der Waals surface area (Å²) in [5, 5.41) is 4.98. The Kier molecular flexibility index (Phi) is 3.87. The van der Waals surface area contributed by atoms with Gasteiger partial charge in [0.2, 0.25) is 0 Å². The molecule has 0 radical (unpaired) electrons. The van der Waals surface area contributed by atoms with Gasteiger partial charge in [-0.2, -0.15) is 5.10 Å². The van der Waals surface area contributed by atoms with Crippen LogP contribution in [-0.2, 0) is 20.0 Å². The van der Waals surface area contributed by atoms with E-state index in [1.807, 2.05) is 6.20 Å². The second-order valence-corrected chi connectivity index (χ2v) is 8.81. The molecule has 6 heteroatoms. The predicted molar refractivity (Wildman–Crippen MR) is 116 cm³/mol. The van der Waals surface area contributed by atoms with Gasteiger partial charge in [0.15, 0.2) is 5.65 Å². The molecule has 2 aliphatic heterocycles. The van der Waals surface area contributed by atoms with Crippen LogP contribution in [0.2, 0.25) is 0 Å². The molecule has 4 aromatic rings. The van der Waals surface area contributed by atoms with E-state index in [0.29, 0.717) is 12.1 Å². The van der Waals surface area contributed by atoms with Gasteiger partial charge in [0.1, 0.15) is 5.82 Å². The van der Waals surface area contributed by atoms with Gasteiger partial charge in [-0.3, -0.25) is 4.90 Å². The van der Waals surface area contributed by atoms with Crippen molar-refractivity contribution in [1.82, 2.24) is 29.0 Å². The van der Waals surface area contributed by atoms with Crippen LogP contribution in [0.15, 0.2) is 42.7 Å². The molecule has 152 valence electrons. The Labute approximate surface area is 176 Å². The maximum Gasteiger partial charge on any atom is 0.155 e. The maximum atomic E-state index is 4.98. The van der Waals surface area contributed by atoms with Gasteiger partial charge in [0, 0.05) is 61.7 Å². The fraction of sp³-hybridized carbons (Fsp3) is 0.375. The van der Waals surface area contributed by atoms with Gasteiger partial charge >= 0.3 is 0 Å². The fourth-order valence-corrected chi connectivity index (χ4v) is 5.26. The van der Waals surface area contributed by atoms with Crippen LogP contribution in [-0.4, -0.2) is 35.1 Å². The summed E-state index contributed by atoms with van der Waals surface area (Å²) in [6.07, 6.45) is 7.56. The van der Waals surface area contributed by atoms with Crippen LogP contribution in [0.4, 0.5) is 0 Å². The molecule has 2 atom stereocenters. The molecule has 3 aromatic heterocycles. The smallest absolute Gasteiger partial charge is 0.155 e. The van der Waals surface area contributed by atoms with Gasteiger partial charge in [-0.05, 0) is 32.8 Å². The lowest BCUT2D eigenvalue weighted by atomic mass is 9.99. The summed E-state index contributed by atoms with van der Waals surface area (Å²) >= 11 is 0. The number of nitrogens with zero attached hydrogens (tertiary/aromatic N) is 6. The van der Waals surface area contributed by atoms with Gasteiger partial charge in [-0.15, -0.1) is 0 Å². The van der Waals surface area contributed by atoms with E-state index in [9.17, 15) is 0 Å². The highest BCUT2D eigenvalue weighted by atomic mass is 15.3. The first-order valence-corrected chi connectivity index (χ1v) is 10.8. The zero-order valence-corrected chi connectivity index (χ0v) is 17.7. The van der Waals surface area contributed by atoms with Crippen molar-refractivity contribution >= 4 is 5.65 Å². The molecule has 5 heterocycles. The molecule has 0 aliphatic carbocycles. The van der Waals surface area contributed by atoms with Gasteiger partial charge in [0.05, 0.1) is 17.1 Å². The first-order valence-electron chi connectivity index (χ1n) is 10.8. The van der Waals surface area contributed by atoms with Gasteiger partial charge in [0.25, 0.3) is 0 Å². The molecule has 2 aliphatic rings. The molecule has 1 fully saturated rings. The molecule has 0 unspecified atom stereocenters. The monoisotopic (exact) mass is 398 g/mol. The van der Waals surface area contributed by atoms with Crippen molar-refractivity contribution in [3.63, 3.8) is 0 Å². The molecule has 2 bridgehead atoms. The van der Waals surface area contributed by atoms with Crippen LogP contribution in [0.1, 0.15) is 47.2 Å². The number of fused-ring (bicyclic) bond motifs is 6. The first-order chi connectivity index (χ1) is 14.6. The van der Waals surface area contributed by atoms with E-state index in [1.165, 1.54) is 35.4 Å². The molecule has 1 aromatic carbocycles. The zero-order valence-electron chi connectivity index (χ0n) is 17.7. The molecular weight excluding hydrogens is 372 g/mol. The Morgan fingerprint density at radius 3 is 2.77 bits per heavy atom. The van der Waals surface area contributed by atoms with Gasteiger partial charge < -0.3 is 4.57 Å². The highest BCUT2D eigenvalue weighted by Crippen LogP contribution is 2.44. The average Bonchev–Trinajstić information content (AvgIpc) is 3.39. The Hall–Kier alpha value is -2.99. The average molecular weight is 399 g/mol. The Morgan fingerprint density at radius 1 is 1.07 bits per heavy atom. The Morgan fingerprint density at radius 2 is 1.97 bits per heavy atom. The highest BCUT2D eigenvalue weighted by Gasteiger charge is 2.41. The van der Waals surface area contributed by atoms with Crippen molar-refractivity contribution in [2.75, 3.05) is 0 Å². The van der Waals surface area contributed by atoms with E-state index in [1.54, 1.807) is 0 Å². The van der Waals surface area contributed by atoms with Crippen molar-refractivity contribution in [3.05, 3.63) is 71.1 Å².